The minimum absolute atomic E-state index is 0.0116. The summed E-state index contributed by atoms with van der Waals surface area (Å²) in [5, 5.41) is 0. The molecule has 0 radical (unpaired) electrons. The Morgan fingerprint density at radius 1 is 0.724 bits per heavy atom. The van der Waals surface area contributed by atoms with Gasteiger partial charge in [-0.2, -0.15) is 0 Å². The van der Waals surface area contributed by atoms with Crippen LogP contribution in [0.15, 0.2) is 84.9 Å². The van der Waals surface area contributed by atoms with E-state index < -0.39 is 0 Å². The SMILES string of the molecule is O=C(CCN1C(=O)c2ccccc2C1CC(=O)c1ccccc1)c1ccccc1. The van der Waals surface area contributed by atoms with E-state index in [2.05, 4.69) is 0 Å². The number of carbonyl (C=O) groups excluding carboxylic acids is 3. The fourth-order valence-electron chi connectivity index (χ4n) is 3.83. The molecule has 4 heteroatoms. The molecule has 4 nitrogen and oxygen atoms in total. The molecule has 0 saturated heterocycles. The average Bonchev–Trinajstić information content (AvgIpc) is 3.04. The quantitative estimate of drug-likeness (QED) is 0.554. The largest absolute Gasteiger partial charge is 0.331 e. The summed E-state index contributed by atoms with van der Waals surface area (Å²) in [4.78, 5) is 40.0. The van der Waals surface area contributed by atoms with E-state index in [-0.39, 0.29) is 42.9 Å². The zero-order valence-electron chi connectivity index (χ0n) is 16.0. The molecule has 29 heavy (non-hydrogen) atoms. The molecule has 0 aliphatic carbocycles. The van der Waals surface area contributed by atoms with Crippen molar-refractivity contribution in [2.24, 2.45) is 0 Å². The van der Waals surface area contributed by atoms with Crippen molar-refractivity contribution in [1.29, 1.82) is 0 Å². The van der Waals surface area contributed by atoms with Crippen LogP contribution in [0.2, 0.25) is 0 Å². The van der Waals surface area contributed by atoms with E-state index in [0.29, 0.717) is 16.7 Å². The van der Waals surface area contributed by atoms with E-state index in [1.54, 1.807) is 35.2 Å². The van der Waals surface area contributed by atoms with E-state index in [1.807, 2.05) is 54.6 Å². The first kappa shape index (κ1) is 18.8. The van der Waals surface area contributed by atoms with Crippen molar-refractivity contribution >= 4 is 17.5 Å². The highest BCUT2D eigenvalue weighted by Crippen LogP contribution is 2.36. The Morgan fingerprint density at radius 2 is 1.28 bits per heavy atom. The van der Waals surface area contributed by atoms with E-state index in [1.165, 1.54) is 0 Å². The van der Waals surface area contributed by atoms with E-state index in [9.17, 15) is 14.4 Å². The van der Waals surface area contributed by atoms with Crippen LogP contribution in [0.5, 0.6) is 0 Å². The molecule has 1 atom stereocenters. The van der Waals surface area contributed by atoms with Crippen molar-refractivity contribution < 1.29 is 14.4 Å². The van der Waals surface area contributed by atoms with Crippen molar-refractivity contribution in [2.45, 2.75) is 18.9 Å². The standard InChI is InChI=1S/C25H21NO3/c27-23(18-9-3-1-4-10-18)15-16-26-22(17-24(28)19-11-5-2-6-12-19)20-13-7-8-14-21(20)25(26)29/h1-14,22H,15-17H2. The van der Waals surface area contributed by atoms with Crippen molar-refractivity contribution in [3.05, 3.63) is 107 Å². The molecule has 4 rings (SSSR count). The summed E-state index contributed by atoms with van der Waals surface area (Å²) < 4.78 is 0. The minimum atomic E-state index is -0.352. The summed E-state index contributed by atoms with van der Waals surface area (Å²) in [6.07, 6.45) is 0.423. The smallest absolute Gasteiger partial charge is 0.254 e. The molecule has 0 aromatic heterocycles. The molecule has 3 aromatic rings. The van der Waals surface area contributed by atoms with E-state index in [0.717, 1.165) is 5.56 Å². The lowest BCUT2D eigenvalue weighted by Gasteiger charge is -2.25. The summed E-state index contributed by atoms with van der Waals surface area (Å²) in [5.41, 5.74) is 2.73. The average molecular weight is 383 g/mol. The maximum Gasteiger partial charge on any atom is 0.254 e. The van der Waals surface area contributed by atoms with Crippen molar-refractivity contribution in [3.8, 4) is 0 Å². The number of Topliss-reactive ketones (excluding diaryl/α,β-unsaturated/α-hetero) is 2. The van der Waals surface area contributed by atoms with Crippen LogP contribution in [0.1, 0.15) is 55.5 Å². The van der Waals surface area contributed by atoms with Crippen LogP contribution in [0.25, 0.3) is 0 Å². The number of hydrogen-bond donors (Lipinski definition) is 0. The van der Waals surface area contributed by atoms with Gasteiger partial charge in [0.25, 0.3) is 5.91 Å². The second-order valence-corrected chi connectivity index (χ2v) is 7.13. The Morgan fingerprint density at radius 3 is 1.93 bits per heavy atom. The van der Waals surface area contributed by atoms with Gasteiger partial charge in [-0.3, -0.25) is 14.4 Å². The van der Waals surface area contributed by atoms with Crippen LogP contribution in [0.3, 0.4) is 0 Å². The third kappa shape index (κ3) is 3.87. The minimum Gasteiger partial charge on any atom is -0.331 e. The first-order chi connectivity index (χ1) is 14.1. The van der Waals surface area contributed by atoms with Gasteiger partial charge in [-0.05, 0) is 11.6 Å². The Labute approximate surface area is 169 Å². The lowest BCUT2D eigenvalue weighted by atomic mass is 9.97. The fourth-order valence-corrected chi connectivity index (χ4v) is 3.83. The van der Waals surface area contributed by atoms with Gasteiger partial charge in [0.05, 0.1) is 6.04 Å². The molecule has 144 valence electrons. The van der Waals surface area contributed by atoms with E-state index >= 15 is 0 Å². The highest BCUT2D eigenvalue weighted by Gasteiger charge is 2.37. The number of benzene rings is 3. The van der Waals surface area contributed by atoms with Gasteiger partial charge in [0.15, 0.2) is 11.6 Å². The van der Waals surface area contributed by atoms with Gasteiger partial charge in [-0.25, -0.2) is 0 Å². The number of nitrogens with zero attached hydrogens (tertiary/aromatic N) is 1. The van der Waals surface area contributed by atoms with Crippen LogP contribution >= 0.6 is 0 Å². The number of fused-ring (bicyclic) bond motifs is 1. The third-order valence-corrected chi connectivity index (χ3v) is 5.34. The van der Waals surface area contributed by atoms with Crippen molar-refractivity contribution in [3.63, 3.8) is 0 Å². The topological polar surface area (TPSA) is 54.5 Å². The summed E-state index contributed by atoms with van der Waals surface area (Å²) in [7, 11) is 0. The van der Waals surface area contributed by atoms with Crippen LogP contribution in [0, 0.1) is 0 Å². The summed E-state index contributed by atoms with van der Waals surface area (Å²) in [6, 6.07) is 25.2. The monoisotopic (exact) mass is 383 g/mol. The third-order valence-electron chi connectivity index (χ3n) is 5.34. The molecule has 3 aromatic carbocycles. The molecule has 1 aliphatic heterocycles. The van der Waals surface area contributed by atoms with Gasteiger partial charge in [-0.15, -0.1) is 0 Å². The van der Waals surface area contributed by atoms with Gasteiger partial charge in [0, 0.05) is 36.1 Å². The predicted molar refractivity (Wildman–Crippen MR) is 111 cm³/mol. The Balaban J connectivity index is 1.55. The molecule has 1 heterocycles. The summed E-state index contributed by atoms with van der Waals surface area (Å²) in [5.74, 6) is -0.144. The van der Waals surface area contributed by atoms with Gasteiger partial charge in [0.1, 0.15) is 0 Å². The molecule has 0 fully saturated rings. The Hall–Kier alpha value is -3.53. The lowest BCUT2D eigenvalue weighted by molar-refractivity contribution is 0.0693. The van der Waals surface area contributed by atoms with Crippen molar-refractivity contribution in [1.82, 2.24) is 4.90 Å². The van der Waals surface area contributed by atoms with Crippen molar-refractivity contribution in [2.75, 3.05) is 6.54 Å². The summed E-state index contributed by atoms with van der Waals surface area (Å²) in [6.45, 7) is 0.286. The molecular formula is C25H21NO3. The number of hydrogen-bond acceptors (Lipinski definition) is 3. The van der Waals surface area contributed by atoms with Crippen LogP contribution in [0.4, 0.5) is 0 Å². The first-order valence-corrected chi connectivity index (χ1v) is 9.71. The number of carbonyl (C=O) groups is 3. The fraction of sp³-hybridized carbons (Fsp3) is 0.160. The maximum atomic E-state index is 13.0. The van der Waals surface area contributed by atoms with Crippen LogP contribution in [-0.2, 0) is 0 Å². The number of ketones is 2. The van der Waals surface area contributed by atoms with Gasteiger partial charge in [0.2, 0.25) is 0 Å². The van der Waals surface area contributed by atoms with Gasteiger partial charge in [-0.1, -0.05) is 78.9 Å². The second kappa shape index (κ2) is 8.23. The highest BCUT2D eigenvalue weighted by molar-refractivity contribution is 6.02. The highest BCUT2D eigenvalue weighted by atomic mass is 16.2. The molecule has 1 unspecified atom stereocenters. The zero-order valence-corrected chi connectivity index (χ0v) is 16.0. The normalized spacial score (nSPS) is 15.2. The number of amides is 1. The van der Waals surface area contributed by atoms with Crippen LogP contribution < -0.4 is 0 Å². The molecule has 1 aliphatic rings. The molecule has 0 saturated carbocycles. The lowest BCUT2D eigenvalue weighted by Crippen LogP contribution is -2.31. The van der Waals surface area contributed by atoms with Gasteiger partial charge < -0.3 is 4.90 Å². The molecule has 0 N–H and O–H groups in total. The molecule has 0 spiro atoms. The zero-order chi connectivity index (χ0) is 20.2. The molecule has 1 amide bonds. The number of rotatable bonds is 7. The van der Waals surface area contributed by atoms with Crippen LogP contribution in [-0.4, -0.2) is 28.9 Å². The second-order valence-electron chi connectivity index (χ2n) is 7.13. The maximum absolute atomic E-state index is 13.0. The Bertz CT molecular complexity index is 1040. The van der Waals surface area contributed by atoms with Gasteiger partial charge >= 0.3 is 0 Å². The molecule has 0 bridgehead atoms. The first-order valence-electron chi connectivity index (χ1n) is 9.71. The molecular weight excluding hydrogens is 362 g/mol. The van der Waals surface area contributed by atoms with E-state index in [4.69, 9.17) is 0 Å². The predicted octanol–water partition coefficient (Wildman–Crippen LogP) is 4.73. The Kier molecular flexibility index (Phi) is 5.34. The summed E-state index contributed by atoms with van der Waals surface area (Å²) >= 11 is 0.